The van der Waals surface area contributed by atoms with Crippen LogP contribution in [0.1, 0.15) is 33.1 Å². The van der Waals surface area contributed by atoms with Crippen LogP contribution in [-0.4, -0.2) is 54.1 Å². The molecule has 19 heteroatoms. The minimum Gasteiger partial charge on any atom is -0.493 e. The zero-order valence-corrected chi connectivity index (χ0v) is 35.8. The van der Waals surface area contributed by atoms with Crippen molar-refractivity contribution in [2.45, 2.75) is 25.9 Å². The highest BCUT2D eigenvalue weighted by Gasteiger charge is 2.33. The van der Waals surface area contributed by atoms with Gasteiger partial charge in [0.1, 0.15) is 40.2 Å². The molecule has 7 aromatic rings. The summed E-state index contributed by atoms with van der Waals surface area (Å²) in [7, 11) is 4.64. The summed E-state index contributed by atoms with van der Waals surface area (Å²) in [5, 5.41) is 11.9. The van der Waals surface area contributed by atoms with Crippen molar-refractivity contribution >= 4 is 63.2 Å². The van der Waals surface area contributed by atoms with Crippen molar-refractivity contribution in [2.75, 3.05) is 31.9 Å². The third kappa shape index (κ3) is 12.2. The van der Waals surface area contributed by atoms with Crippen LogP contribution >= 0.6 is 23.2 Å². The van der Waals surface area contributed by atoms with Gasteiger partial charge in [-0.2, -0.15) is 13.2 Å². The molecular weight excluding hydrogens is 880 g/mol. The van der Waals surface area contributed by atoms with E-state index in [1.165, 1.54) is 25.4 Å². The molecule has 0 aliphatic carbocycles. The molecule has 0 saturated heterocycles. The van der Waals surface area contributed by atoms with Gasteiger partial charge >= 0.3 is 12.2 Å². The van der Waals surface area contributed by atoms with E-state index in [-0.39, 0.29) is 35.9 Å². The van der Waals surface area contributed by atoms with Crippen LogP contribution in [0.15, 0.2) is 114 Å². The van der Waals surface area contributed by atoms with E-state index in [9.17, 15) is 27.6 Å². The fraction of sp³-hybridized carbons (Fsp3) is 0.156. The summed E-state index contributed by atoms with van der Waals surface area (Å²) in [4.78, 5) is 44.5. The molecular formula is C45H37Cl2F3N6O8. The van der Waals surface area contributed by atoms with Gasteiger partial charge in [-0.15, -0.1) is 0 Å². The maximum absolute atomic E-state index is 12.9. The fourth-order valence-electron chi connectivity index (χ4n) is 5.96. The van der Waals surface area contributed by atoms with Crippen molar-refractivity contribution in [3.8, 4) is 34.5 Å². The van der Waals surface area contributed by atoms with Crippen LogP contribution in [0.4, 0.5) is 29.3 Å². The SMILES string of the molecule is CNC(=O)c1cc(Oc2ccc(NC(=O)Nc3ccc(Cl)c(C(F)(F)F)c3)cc2)ccn1.COc1cc2nccc(Oc3ccc(CC(=O)Cc4cc(C)on4)c(Cl)c3)c2cc1OC. The largest absolute Gasteiger partial charge is 0.493 e. The number of ether oxygens (including phenoxy) is 4. The van der Waals surface area contributed by atoms with Crippen LogP contribution in [0.2, 0.25) is 10.0 Å². The maximum Gasteiger partial charge on any atom is 0.417 e. The van der Waals surface area contributed by atoms with Gasteiger partial charge in [0.15, 0.2) is 11.5 Å². The molecule has 0 fully saturated rings. The third-order valence-corrected chi connectivity index (χ3v) is 9.65. The Balaban J connectivity index is 0.000000213. The Morgan fingerprint density at radius 1 is 0.703 bits per heavy atom. The van der Waals surface area contributed by atoms with Crippen LogP contribution in [0, 0.1) is 6.92 Å². The van der Waals surface area contributed by atoms with E-state index in [0.717, 1.165) is 23.1 Å². The van der Waals surface area contributed by atoms with Gasteiger partial charge < -0.3 is 39.4 Å². The number of amides is 3. The van der Waals surface area contributed by atoms with Gasteiger partial charge in [0.2, 0.25) is 0 Å². The molecule has 0 saturated carbocycles. The molecule has 330 valence electrons. The zero-order chi connectivity index (χ0) is 46.0. The lowest BCUT2D eigenvalue weighted by Crippen LogP contribution is -2.19. The Morgan fingerprint density at radius 2 is 1.38 bits per heavy atom. The summed E-state index contributed by atoms with van der Waals surface area (Å²) in [5.74, 6) is 3.43. The predicted molar refractivity (Wildman–Crippen MR) is 233 cm³/mol. The van der Waals surface area contributed by atoms with E-state index in [1.54, 1.807) is 94.1 Å². The average molecular weight is 918 g/mol. The van der Waals surface area contributed by atoms with E-state index in [0.29, 0.717) is 62.2 Å². The summed E-state index contributed by atoms with van der Waals surface area (Å²) < 4.78 is 66.3. The predicted octanol–water partition coefficient (Wildman–Crippen LogP) is 10.9. The normalized spacial score (nSPS) is 10.9. The molecule has 0 spiro atoms. The Kier molecular flexibility index (Phi) is 14.9. The molecule has 0 aliphatic rings. The molecule has 3 aromatic heterocycles. The molecule has 0 radical (unpaired) electrons. The lowest BCUT2D eigenvalue weighted by atomic mass is 10.1. The topological polar surface area (TPSA) is 176 Å². The number of hydrogen-bond donors (Lipinski definition) is 3. The van der Waals surface area contributed by atoms with E-state index in [4.69, 9.17) is 46.7 Å². The zero-order valence-electron chi connectivity index (χ0n) is 34.3. The number of methoxy groups -OCH3 is 2. The summed E-state index contributed by atoms with van der Waals surface area (Å²) in [6.45, 7) is 1.79. The fourth-order valence-corrected chi connectivity index (χ4v) is 6.42. The van der Waals surface area contributed by atoms with Crippen LogP contribution in [0.3, 0.4) is 0 Å². The van der Waals surface area contributed by atoms with E-state index in [1.807, 2.05) is 6.07 Å². The number of ketones is 1. The van der Waals surface area contributed by atoms with Gasteiger partial charge in [0, 0.05) is 65.8 Å². The third-order valence-electron chi connectivity index (χ3n) is 8.97. The first kappa shape index (κ1) is 46.1. The number of anilines is 2. The van der Waals surface area contributed by atoms with E-state index in [2.05, 4.69) is 31.1 Å². The van der Waals surface area contributed by atoms with Crippen LogP contribution in [-0.2, 0) is 23.8 Å². The number of nitrogens with zero attached hydrogens (tertiary/aromatic N) is 3. The van der Waals surface area contributed by atoms with Gasteiger partial charge in [-0.1, -0.05) is 34.4 Å². The van der Waals surface area contributed by atoms with Gasteiger partial charge in [-0.25, -0.2) is 4.79 Å². The Labute approximate surface area is 373 Å². The minimum atomic E-state index is -4.64. The van der Waals surface area contributed by atoms with Crippen LogP contribution in [0.5, 0.6) is 34.5 Å². The number of Topliss-reactive ketones (excluding diaryl/α,β-unsaturated/α-hetero) is 1. The highest BCUT2D eigenvalue weighted by Crippen LogP contribution is 2.38. The molecule has 3 heterocycles. The molecule has 64 heavy (non-hydrogen) atoms. The summed E-state index contributed by atoms with van der Waals surface area (Å²) in [5.41, 5.74) is 1.49. The standard InChI is InChI=1S/C24H21ClN2O5.C21H16ClF3N4O3/c1-14-8-16(27-32-14)10-17(28)9-15-4-5-18(11-20(15)25)31-22-6-7-26-21-13-24(30-3)23(29-2)12-19(21)22;1-26-19(30)18-11-15(8-9-27-18)32-14-5-2-12(3-6-14)28-20(31)29-13-4-7-17(22)16(10-13)21(23,24)25/h4-8,11-13H,9-10H2,1-3H3;2-11H,1H3,(H,26,30)(H2,28,29,31). The van der Waals surface area contributed by atoms with Crippen LogP contribution < -0.4 is 34.9 Å². The molecule has 0 atom stereocenters. The second kappa shape index (κ2) is 20.7. The van der Waals surface area contributed by atoms with Crippen molar-refractivity contribution in [1.82, 2.24) is 20.4 Å². The number of rotatable bonds is 13. The van der Waals surface area contributed by atoms with Gasteiger partial charge in [-0.05, 0) is 85.3 Å². The number of aromatic nitrogens is 3. The Morgan fingerprint density at radius 3 is 2.05 bits per heavy atom. The number of aryl methyl sites for hydroxylation is 1. The van der Waals surface area contributed by atoms with Crippen molar-refractivity contribution < 1.29 is 51.0 Å². The van der Waals surface area contributed by atoms with E-state index < -0.39 is 22.8 Å². The van der Waals surface area contributed by atoms with Crippen LogP contribution in [0.25, 0.3) is 10.9 Å². The quantitative estimate of drug-likeness (QED) is 0.100. The number of carbonyl (C=O) groups excluding carboxylic acids is 3. The first-order chi connectivity index (χ1) is 30.6. The number of halogens is 5. The first-order valence-corrected chi connectivity index (χ1v) is 19.7. The summed E-state index contributed by atoms with van der Waals surface area (Å²) in [6, 6.07) is 24.0. The monoisotopic (exact) mass is 916 g/mol. The smallest absolute Gasteiger partial charge is 0.417 e. The van der Waals surface area contributed by atoms with Crippen molar-refractivity contribution in [2.24, 2.45) is 0 Å². The van der Waals surface area contributed by atoms with Crippen molar-refractivity contribution in [3.05, 3.63) is 148 Å². The number of pyridine rings is 2. The van der Waals surface area contributed by atoms with Gasteiger partial charge in [0.05, 0.1) is 42.4 Å². The lowest BCUT2D eigenvalue weighted by Gasteiger charge is -2.13. The minimum absolute atomic E-state index is 0.00459. The Bertz CT molecular complexity index is 2810. The maximum atomic E-state index is 12.9. The second-order valence-corrected chi connectivity index (χ2v) is 14.4. The number of carbonyl (C=O) groups is 3. The average Bonchev–Trinajstić information content (AvgIpc) is 3.68. The molecule has 0 unspecified atom stereocenters. The Hall–Kier alpha value is -7.37. The molecule has 4 aromatic carbocycles. The summed E-state index contributed by atoms with van der Waals surface area (Å²) >= 11 is 12.0. The van der Waals surface area contributed by atoms with E-state index >= 15 is 0 Å². The number of benzene rings is 4. The molecule has 0 bridgehead atoms. The summed E-state index contributed by atoms with van der Waals surface area (Å²) in [6.07, 6.45) is -1.16. The number of urea groups is 1. The molecule has 0 aliphatic heterocycles. The van der Waals surface area contributed by atoms with Crippen molar-refractivity contribution in [1.29, 1.82) is 0 Å². The highest BCUT2D eigenvalue weighted by atomic mass is 35.5. The number of fused-ring (bicyclic) bond motifs is 1. The molecule has 3 N–H and O–H groups in total. The molecule has 14 nitrogen and oxygen atoms in total. The molecule has 3 amide bonds. The molecule has 7 rings (SSSR count). The van der Waals surface area contributed by atoms with Crippen molar-refractivity contribution in [3.63, 3.8) is 0 Å². The van der Waals surface area contributed by atoms with Gasteiger partial charge in [-0.3, -0.25) is 19.6 Å². The lowest BCUT2D eigenvalue weighted by molar-refractivity contribution is -0.137. The van der Waals surface area contributed by atoms with Gasteiger partial charge in [0.25, 0.3) is 5.91 Å². The number of nitrogens with one attached hydrogen (secondary N) is 3. The highest BCUT2D eigenvalue weighted by molar-refractivity contribution is 6.32. The first-order valence-electron chi connectivity index (χ1n) is 18.9. The second-order valence-electron chi connectivity index (χ2n) is 13.6. The number of hydrogen-bond acceptors (Lipinski definition) is 11. The number of alkyl halides is 3.